The number of rotatable bonds is 11. The number of nitrogens with one attached hydrogen (secondary N) is 1. The van der Waals surface area contributed by atoms with Gasteiger partial charge in [0.1, 0.15) is 36.1 Å². The van der Waals surface area contributed by atoms with Gasteiger partial charge >= 0.3 is 0 Å². The number of aliphatic hydroxyl groups is 2. The Kier molecular flexibility index (Phi) is 13.2. The molecule has 4 aromatic carbocycles. The van der Waals surface area contributed by atoms with Crippen LogP contribution in [0.15, 0.2) is 96.8 Å². The molecule has 0 radical (unpaired) electrons. The number of fused-ring (bicyclic) bond motifs is 9. The fourth-order valence-corrected chi connectivity index (χ4v) is 7.35. The summed E-state index contributed by atoms with van der Waals surface area (Å²) in [4.78, 5) is 13.5. The molecule has 0 aromatic heterocycles. The maximum absolute atomic E-state index is 13.5. The number of methoxy groups -OCH3 is 1. The Bertz CT molecular complexity index is 2040. The number of allylic oxidation sites excluding steroid dienone is 3. The molecule has 4 atom stereocenters. The van der Waals surface area contributed by atoms with Crippen molar-refractivity contribution in [3.05, 3.63) is 119 Å². The second-order valence-corrected chi connectivity index (χ2v) is 14.5. The predicted molar refractivity (Wildman–Crippen MR) is 213 cm³/mol. The molecule has 54 heavy (non-hydrogen) atoms. The quantitative estimate of drug-likeness (QED) is 0.0895. The third-order valence-corrected chi connectivity index (χ3v) is 10.3. The molecule has 7 rings (SSSR count). The first kappa shape index (κ1) is 38.3. The standard InChI is InChI=1S/C46H51NO7/c1-31(48)29-47-38-10-5-8-32(24-38)7-3-4-9-35-15-18-39(49)26-37(35)27-41-28-40(50)17-12-33-14-21-45(52-2)46(25-33)54-30-34-13-19-42-36(23-34)16-20-44(51)43(42)11-6-22-53-41/h5,8,10,13-16,18-21,23-26,31,35,37,41,47-49,51H,3-4,7,9,11-12,17,27-30H2,1-2H3. The summed E-state index contributed by atoms with van der Waals surface area (Å²) in [7, 11) is 1.61. The molecule has 4 aromatic rings. The monoisotopic (exact) mass is 729 g/mol. The van der Waals surface area contributed by atoms with E-state index >= 15 is 0 Å². The van der Waals surface area contributed by atoms with Gasteiger partial charge in [-0.1, -0.05) is 54.8 Å². The molecule has 4 unspecified atom stereocenters. The molecule has 6 bridgehead atoms. The number of carbonyl (C=O) groups excluding carboxylic acids is 1. The molecule has 0 fully saturated rings. The number of carbonyl (C=O) groups is 1. The van der Waals surface area contributed by atoms with E-state index in [1.165, 1.54) is 5.56 Å². The summed E-state index contributed by atoms with van der Waals surface area (Å²) < 4.78 is 18.0. The minimum absolute atomic E-state index is 0.0261. The normalized spacial score (nSPS) is 19.4. The fraction of sp³-hybridized carbons (Fsp3) is 0.370. The number of Topliss-reactive ketones (excluding diaryl/α,β-unsaturated/α-hetero) is 1. The lowest BCUT2D eigenvalue weighted by atomic mass is 9.80. The Morgan fingerprint density at radius 1 is 0.981 bits per heavy atom. The van der Waals surface area contributed by atoms with Crippen molar-refractivity contribution in [2.75, 3.05) is 19.0 Å². The molecule has 8 heteroatoms. The molecule has 4 N–H and O–H groups in total. The summed E-state index contributed by atoms with van der Waals surface area (Å²) in [5, 5.41) is 36.1. The number of ether oxygens (including phenoxy) is 3. The minimum Gasteiger partial charge on any atom is -0.508 e. The zero-order chi connectivity index (χ0) is 37.9. The van der Waals surface area contributed by atoms with E-state index in [1.54, 1.807) is 26.2 Å². The molecule has 0 saturated heterocycles. The number of ketones is 1. The van der Waals surface area contributed by atoms with Crippen molar-refractivity contribution in [2.24, 2.45) is 11.8 Å². The van der Waals surface area contributed by atoms with Gasteiger partial charge < -0.3 is 34.8 Å². The van der Waals surface area contributed by atoms with E-state index in [0.717, 1.165) is 53.3 Å². The first-order valence-electron chi connectivity index (χ1n) is 19.0. The van der Waals surface area contributed by atoms with Gasteiger partial charge in [0, 0.05) is 37.1 Å². The van der Waals surface area contributed by atoms with Crippen LogP contribution in [0.2, 0.25) is 0 Å². The molecular formula is C46H51NO7. The van der Waals surface area contributed by atoms with Crippen LogP contribution >= 0.6 is 0 Å². The van der Waals surface area contributed by atoms with Gasteiger partial charge in [-0.25, -0.2) is 0 Å². The molecule has 0 amide bonds. The Morgan fingerprint density at radius 2 is 1.85 bits per heavy atom. The average molecular weight is 730 g/mol. The summed E-state index contributed by atoms with van der Waals surface area (Å²) in [5.74, 6) is 4.95. The maximum atomic E-state index is 13.5. The molecule has 1 aliphatic carbocycles. The zero-order valence-corrected chi connectivity index (χ0v) is 31.2. The third kappa shape index (κ3) is 10.6. The van der Waals surface area contributed by atoms with Crippen LogP contribution in [0.5, 0.6) is 17.2 Å². The molecule has 0 spiro atoms. The largest absolute Gasteiger partial charge is 0.508 e. The zero-order valence-electron chi connectivity index (χ0n) is 31.2. The van der Waals surface area contributed by atoms with E-state index < -0.39 is 12.2 Å². The van der Waals surface area contributed by atoms with Gasteiger partial charge in [0.05, 0.1) is 13.2 Å². The van der Waals surface area contributed by atoms with E-state index in [1.807, 2.05) is 54.6 Å². The van der Waals surface area contributed by atoms with Crippen LogP contribution in [0.25, 0.3) is 10.8 Å². The molecule has 282 valence electrons. The lowest BCUT2D eigenvalue weighted by molar-refractivity contribution is -0.121. The van der Waals surface area contributed by atoms with Gasteiger partial charge in [-0.3, -0.25) is 4.79 Å². The van der Waals surface area contributed by atoms with Crippen LogP contribution in [-0.4, -0.2) is 47.0 Å². The second-order valence-electron chi connectivity index (χ2n) is 14.5. The summed E-state index contributed by atoms with van der Waals surface area (Å²) in [6.45, 7) is 2.61. The second kappa shape index (κ2) is 18.6. The third-order valence-electron chi connectivity index (χ3n) is 10.3. The van der Waals surface area contributed by atoms with Crippen LogP contribution in [0.1, 0.15) is 67.7 Å². The molecule has 0 saturated carbocycles. The number of aryl methyl sites for hydroxylation is 2. The smallest absolute Gasteiger partial charge is 0.161 e. The van der Waals surface area contributed by atoms with Gasteiger partial charge in [0.2, 0.25) is 0 Å². The number of phenols is 1. The van der Waals surface area contributed by atoms with E-state index in [4.69, 9.17) is 14.2 Å². The van der Waals surface area contributed by atoms with Gasteiger partial charge in [0.15, 0.2) is 11.5 Å². The minimum atomic E-state index is -0.481. The molecule has 2 aliphatic heterocycles. The summed E-state index contributed by atoms with van der Waals surface area (Å²) >= 11 is 0. The first-order valence-corrected chi connectivity index (χ1v) is 19.0. The van der Waals surface area contributed by atoms with Crippen LogP contribution in [0.4, 0.5) is 5.69 Å². The molecule has 8 nitrogen and oxygen atoms in total. The number of hydrogen-bond donors (Lipinski definition) is 4. The number of benzene rings is 4. The number of aromatic hydroxyl groups is 1. The highest BCUT2D eigenvalue weighted by Crippen LogP contribution is 2.34. The SMILES string of the molecule is COc1ccc2cc1OCc1ccc3c(c(O)ccc3c1)CC#COC(CC1C=C(O)C=CC1CCCCc1cccc(NCC(C)O)c1)CC(=O)CC2. The van der Waals surface area contributed by atoms with Crippen LogP contribution in [0, 0.1) is 23.9 Å². The number of unbranched alkanes of at least 4 members (excludes halogenated alkanes) is 1. The molecule has 2 heterocycles. The van der Waals surface area contributed by atoms with E-state index in [-0.39, 0.29) is 42.0 Å². The number of phenolic OH excluding ortho intramolecular Hbond substituents is 1. The topological polar surface area (TPSA) is 117 Å². The molecule has 3 aliphatic rings. The van der Waals surface area contributed by atoms with Crippen LogP contribution < -0.4 is 14.8 Å². The van der Waals surface area contributed by atoms with Crippen molar-refractivity contribution < 1.29 is 34.3 Å². The highest BCUT2D eigenvalue weighted by Gasteiger charge is 2.27. The Labute approximate surface area is 318 Å². The van der Waals surface area contributed by atoms with Crippen molar-refractivity contribution in [1.29, 1.82) is 0 Å². The molecular weight excluding hydrogens is 679 g/mol. The van der Waals surface area contributed by atoms with Gasteiger partial charge in [0.25, 0.3) is 0 Å². The first-order chi connectivity index (χ1) is 26.2. The predicted octanol–water partition coefficient (Wildman–Crippen LogP) is 8.77. The Balaban J connectivity index is 1.17. The van der Waals surface area contributed by atoms with Crippen molar-refractivity contribution >= 4 is 22.2 Å². The van der Waals surface area contributed by atoms with Gasteiger partial charge in [-0.05, 0) is 127 Å². The maximum Gasteiger partial charge on any atom is 0.161 e. The van der Waals surface area contributed by atoms with Gasteiger partial charge in [-0.15, -0.1) is 0 Å². The van der Waals surface area contributed by atoms with Crippen LogP contribution in [0.3, 0.4) is 0 Å². The van der Waals surface area contributed by atoms with Gasteiger partial charge in [-0.2, -0.15) is 0 Å². The van der Waals surface area contributed by atoms with E-state index in [0.29, 0.717) is 49.5 Å². The summed E-state index contributed by atoms with van der Waals surface area (Å²) in [6, 6.07) is 23.7. The number of hydrogen-bond acceptors (Lipinski definition) is 8. The Hall–Kier alpha value is -5.39. The van der Waals surface area contributed by atoms with Crippen LogP contribution in [-0.2, 0) is 35.4 Å². The highest BCUT2D eigenvalue weighted by atomic mass is 16.5. The lowest BCUT2D eigenvalue weighted by Gasteiger charge is -2.28. The summed E-state index contributed by atoms with van der Waals surface area (Å²) in [6.07, 6.45) is 13.5. The van der Waals surface area contributed by atoms with E-state index in [2.05, 4.69) is 41.6 Å². The summed E-state index contributed by atoms with van der Waals surface area (Å²) in [5.41, 5.74) is 4.91. The number of anilines is 1. The average Bonchev–Trinajstić information content (AvgIpc) is 3.17. The Morgan fingerprint density at radius 3 is 2.70 bits per heavy atom. The van der Waals surface area contributed by atoms with Crippen molar-refractivity contribution in [3.63, 3.8) is 0 Å². The fourth-order valence-electron chi connectivity index (χ4n) is 7.35. The lowest BCUT2D eigenvalue weighted by Crippen LogP contribution is -2.24. The van der Waals surface area contributed by atoms with E-state index in [9.17, 15) is 20.1 Å². The number of aliphatic hydroxyl groups excluding tert-OH is 2. The van der Waals surface area contributed by atoms with Crippen molar-refractivity contribution in [1.82, 2.24) is 0 Å². The highest BCUT2D eigenvalue weighted by molar-refractivity contribution is 5.88. The van der Waals surface area contributed by atoms with Crippen molar-refractivity contribution in [3.8, 4) is 29.3 Å². The van der Waals surface area contributed by atoms with Crippen molar-refractivity contribution in [2.45, 2.75) is 83.5 Å².